The molecule has 1 fully saturated rings. The molecule has 0 radical (unpaired) electrons. The van der Waals surface area contributed by atoms with E-state index in [0.717, 1.165) is 50.1 Å². The van der Waals surface area contributed by atoms with Crippen LogP contribution in [0.15, 0.2) is 18.2 Å². The van der Waals surface area contributed by atoms with E-state index in [1.807, 2.05) is 18.2 Å². The van der Waals surface area contributed by atoms with Gasteiger partial charge in [-0.3, -0.25) is 0 Å². The van der Waals surface area contributed by atoms with Gasteiger partial charge < -0.3 is 15.0 Å². The number of halogens is 1. The SMILES string of the molecule is Clc1cccc2c1C(CN1CCNCC1)CO2. The van der Waals surface area contributed by atoms with Gasteiger partial charge in [0.15, 0.2) is 0 Å². The number of hydrogen-bond donors (Lipinski definition) is 1. The molecule has 1 N–H and O–H groups in total. The lowest BCUT2D eigenvalue weighted by Crippen LogP contribution is -2.45. The highest BCUT2D eigenvalue weighted by atomic mass is 35.5. The van der Waals surface area contributed by atoms with Gasteiger partial charge in [0.05, 0.1) is 6.61 Å². The molecule has 2 aliphatic rings. The van der Waals surface area contributed by atoms with Gasteiger partial charge in [-0.15, -0.1) is 0 Å². The zero-order valence-corrected chi connectivity index (χ0v) is 10.5. The van der Waals surface area contributed by atoms with E-state index in [-0.39, 0.29) is 0 Å². The van der Waals surface area contributed by atoms with Crippen LogP contribution in [0.1, 0.15) is 11.5 Å². The summed E-state index contributed by atoms with van der Waals surface area (Å²) in [5.74, 6) is 1.40. The molecule has 1 saturated heterocycles. The first-order chi connectivity index (χ1) is 8.34. The molecule has 3 rings (SSSR count). The molecular formula is C13H17ClN2O. The molecule has 0 aliphatic carbocycles. The number of nitrogens with zero attached hydrogens (tertiary/aromatic N) is 1. The predicted molar refractivity (Wildman–Crippen MR) is 69.0 cm³/mol. The van der Waals surface area contributed by atoms with Gasteiger partial charge in [0.25, 0.3) is 0 Å². The maximum Gasteiger partial charge on any atom is 0.124 e. The van der Waals surface area contributed by atoms with Gasteiger partial charge in [0.1, 0.15) is 5.75 Å². The first kappa shape index (κ1) is 11.3. The van der Waals surface area contributed by atoms with Crippen molar-refractivity contribution in [1.29, 1.82) is 0 Å². The van der Waals surface area contributed by atoms with Crippen molar-refractivity contribution in [2.45, 2.75) is 5.92 Å². The normalized spacial score (nSPS) is 24.4. The van der Waals surface area contributed by atoms with Crippen molar-refractivity contribution in [2.24, 2.45) is 0 Å². The predicted octanol–water partition coefficient (Wildman–Crippen LogP) is 1.72. The van der Waals surface area contributed by atoms with Crippen LogP contribution in [0.2, 0.25) is 5.02 Å². The second kappa shape index (κ2) is 4.84. The maximum atomic E-state index is 6.27. The Morgan fingerprint density at radius 2 is 2.18 bits per heavy atom. The molecular weight excluding hydrogens is 236 g/mol. The van der Waals surface area contributed by atoms with Crippen LogP contribution >= 0.6 is 11.6 Å². The molecule has 3 nitrogen and oxygen atoms in total. The fraction of sp³-hybridized carbons (Fsp3) is 0.538. The topological polar surface area (TPSA) is 24.5 Å². The smallest absolute Gasteiger partial charge is 0.124 e. The average Bonchev–Trinajstić information content (AvgIpc) is 2.75. The molecule has 1 aromatic carbocycles. The van der Waals surface area contributed by atoms with E-state index >= 15 is 0 Å². The summed E-state index contributed by atoms with van der Waals surface area (Å²) in [6.45, 7) is 6.24. The van der Waals surface area contributed by atoms with Crippen LogP contribution in [0.5, 0.6) is 5.75 Å². The molecule has 2 heterocycles. The summed E-state index contributed by atoms with van der Waals surface area (Å²) >= 11 is 6.27. The molecule has 0 spiro atoms. The van der Waals surface area contributed by atoms with Crippen molar-refractivity contribution < 1.29 is 4.74 Å². The molecule has 92 valence electrons. The molecule has 1 unspecified atom stereocenters. The van der Waals surface area contributed by atoms with Crippen LogP contribution < -0.4 is 10.1 Å². The van der Waals surface area contributed by atoms with E-state index in [9.17, 15) is 0 Å². The number of piperazine rings is 1. The Morgan fingerprint density at radius 3 is 3.00 bits per heavy atom. The fourth-order valence-corrected chi connectivity index (χ4v) is 2.98. The number of nitrogens with one attached hydrogen (secondary N) is 1. The molecule has 4 heteroatoms. The lowest BCUT2D eigenvalue weighted by Gasteiger charge is -2.29. The number of ether oxygens (including phenoxy) is 1. The lowest BCUT2D eigenvalue weighted by atomic mass is 10.0. The van der Waals surface area contributed by atoms with Crippen LogP contribution in [0, 0.1) is 0 Å². The molecule has 0 saturated carbocycles. The van der Waals surface area contributed by atoms with Crippen molar-refractivity contribution in [3.63, 3.8) is 0 Å². The monoisotopic (exact) mass is 252 g/mol. The third kappa shape index (κ3) is 2.28. The third-order valence-corrected chi connectivity index (χ3v) is 3.88. The Bertz CT molecular complexity index is 404. The molecule has 0 bridgehead atoms. The van der Waals surface area contributed by atoms with Crippen molar-refractivity contribution >= 4 is 11.6 Å². The van der Waals surface area contributed by atoms with Crippen LogP contribution in [-0.4, -0.2) is 44.2 Å². The van der Waals surface area contributed by atoms with Gasteiger partial charge in [-0.2, -0.15) is 0 Å². The van der Waals surface area contributed by atoms with Crippen molar-refractivity contribution in [1.82, 2.24) is 10.2 Å². The molecule has 17 heavy (non-hydrogen) atoms. The number of benzene rings is 1. The van der Waals surface area contributed by atoms with Crippen LogP contribution in [0.25, 0.3) is 0 Å². The van der Waals surface area contributed by atoms with Gasteiger partial charge in [-0.05, 0) is 12.1 Å². The second-order valence-electron chi connectivity index (χ2n) is 4.71. The summed E-state index contributed by atoms with van der Waals surface area (Å²) in [5, 5.41) is 4.22. The Balaban J connectivity index is 1.74. The fourth-order valence-electron chi connectivity index (χ4n) is 2.66. The number of fused-ring (bicyclic) bond motifs is 1. The van der Waals surface area contributed by atoms with Gasteiger partial charge in [-0.25, -0.2) is 0 Å². The Labute approximate surface area is 107 Å². The Kier molecular flexibility index (Phi) is 3.23. The minimum absolute atomic E-state index is 0.428. The third-order valence-electron chi connectivity index (χ3n) is 3.55. The highest BCUT2D eigenvalue weighted by Gasteiger charge is 2.28. The molecule has 2 aliphatic heterocycles. The van der Waals surface area contributed by atoms with E-state index in [2.05, 4.69) is 10.2 Å². The minimum Gasteiger partial charge on any atom is -0.493 e. The quantitative estimate of drug-likeness (QED) is 0.868. The summed E-state index contributed by atoms with van der Waals surface area (Å²) in [7, 11) is 0. The molecule has 0 aromatic heterocycles. The van der Waals surface area contributed by atoms with E-state index in [0.29, 0.717) is 5.92 Å². The zero-order valence-electron chi connectivity index (χ0n) is 9.79. The summed E-state index contributed by atoms with van der Waals surface area (Å²) in [5.41, 5.74) is 1.20. The second-order valence-corrected chi connectivity index (χ2v) is 5.12. The number of hydrogen-bond acceptors (Lipinski definition) is 3. The average molecular weight is 253 g/mol. The van der Waals surface area contributed by atoms with E-state index in [4.69, 9.17) is 16.3 Å². The molecule has 1 atom stereocenters. The van der Waals surface area contributed by atoms with E-state index < -0.39 is 0 Å². The minimum atomic E-state index is 0.428. The van der Waals surface area contributed by atoms with Crippen molar-refractivity contribution in [3.8, 4) is 5.75 Å². The van der Waals surface area contributed by atoms with E-state index in [1.54, 1.807) is 0 Å². The lowest BCUT2D eigenvalue weighted by molar-refractivity contribution is 0.211. The van der Waals surface area contributed by atoms with Crippen molar-refractivity contribution in [3.05, 3.63) is 28.8 Å². The van der Waals surface area contributed by atoms with Crippen LogP contribution in [-0.2, 0) is 0 Å². The highest BCUT2D eigenvalue weighted by Crippen LogP contribution is 2.39. The van der Waals surface area contributed by atoms with Crippen LogP contribution in [0.3, 0.4) is 0 Å². The Hall–Kier alpha value is -0.770. The summed E-state index contributed by atoms with van der Waals surface area (Å²) < 4.78 is 5.71. The Morgan fingerprint density at radius 1 is 1.35 bits per heavy atom. The first-order valence-corrected chi connectivity index (χ1v) is 6.56. The first-order valence-electron chi connectivity index (χ1n) is 6.19. The standard InChI is InChI=1S/C13H17ClN2O/c14-11-2-1-3-12-13(11)10(9-17-12)8-16-6-4-15-5-7-16/h1-3,10,15H,4-9H2. The summed E-state index contributed by atoms with van der Waals surface area (Å²) in [6, 6.07) is 5.92. The number of rotatable bonds is 2. The largest absolute Gasteiger partial charge is 0.493 e. The molecule has 0 amide bonds. The summed E-state index contributed by atoms with van der Waals surface area (Å²) in [6.07, 6.45) is 0. The zero-order chi connectivity index (χ0) is 11.7. The molecule has 1 aromatic rings. The highest BCUT2D eigenvalue weighted by molar-refractivity contribution is 6.31. The van der Waals surface area contributed by atoms with Crippen molar-refractivity contribution in [2.75, 3.05) is 39.3 Å². The van der Waals surface area contributed by atoms with E-state index in [1.165, 1.54) is 5.56 Å². The van der Waals surface area contributed by atoms with Crippen LogP contribution in [0.4, 0.5) is 0 Å². The van der Waals surface area contributed by atoms with Gasteiger partial charge in [0.2, 0.25) is 0 Å². The van der Waals surface area contributed by atoms with Gasteiger partial charge >= 0.3 is 0 Å². The van der Waals surface area contributed by atoms with Gasteiger partial charge in [0, 0.05) is 49.2 Å². The van der Waals surface area contributed by atoms with Gasteiger partial charge in [-0.1, -0.05) is 17.7 Å². The summed E-state index contributed by atoms with van der Waals surface area (Å²) in [4.78, 5) is 2.49. The maximum absolute atomic E-state index is 6.27.